The van der Waals surface area contributed by atoms with Crippen LogP contribution in [0.5, 0.6) is 0 Å². The van der Waals surface area contributed by atoms with E-state index in [1.165, 1.54) is 0 Å². The smallest absolute Gasteiger partial charge is 0.0936 e. The number of halogens is 14. The van der Waals surface area contributed by atoms with Crippen molar-refractivity contribution in [2.24, 2.45) is 0 Å². The molecule has 0 saturated carbocycles. The highest BCUT2D eigenvalue weighted by molar-refractivity contribution is 8.45. The fourth-order valence-corrected chi connectivity index (χ4v) is 4.50. The summed E-state index contributed by atoms with van der Waals surface area (Å²) in [5.41, 5.74) is -3.45. The Bertz CT molecular complexity index is 668. The molecule has 0 aliphatic carbocycles. The number of hydrogen-bond donors (Lipinski definition) is 0. The Hall–Kier alpha value is 1.83. The van der Waals surface area contributed by atoms with E-state index in [1.54, 1.807) is 0 Å². The summed E-state index contributed by atoms with van der Waals surface area (Å²) < 4.78 is 58.3. The molecule has 0 spiro atoms. The lowest BCUT2D eigenvalue weighted by Crippen LogP contribution is -2.23. The predicted octanol–water partition coefficient (Wildman–Crippen LogP) is 9.82. The molecule has 0 nitrogen and oxygen atoms in total. The fraction of sp³-hybridized carbons (Fsp3) is 0.333. The Labute approximate surface area is 178 Å². The number of benzene rings is 1. The van der Waals surface area contributed by atoms with Gasteiger partial charge in [0, 0.05) is 16.7 Å². The largest absolute Gasteiger partial charge is 0.310 e. The zero-order chi connectivity index (χ0) is 19.6. The van der Waals surface area contributed by atoms with Crippen LogP contribution in [0.1, 0.15) is 16.7 Å². The molecule has 0 fully saturated rings. The van der Waals surface area contributed by atoms with Crippen molar-refractivity contribution in [2.45, 2.75) is 16.3 Å². The molecule has 0 bridgehead atoms. The van der Waals surface area contributed by atoms with Crippen LogP contribution in [0.15, 0.2) is 17.0 Å². The molecular weight excluding hydrogens is 554 g/mol. The lowest BCUT2D eigenvalue weighted by molar-refractivity contribution is 0.362. The zero-order valence-electron chi connectivity index (χ0n) is 10.4. The summed E-state index contributed by atoms with van der Waals surface area (Å²) in [5, 5.41) is 0. The van der Waals surface area contributed by atoms with Gasteiger partial charge in [0.15, 0.2) is 0 Å². The van der Waals surface area contributed by atoms with E-state index in [2.05, 4.69) is 0 Å². The first-order valence-electron chi connectivity index (χ1n) is 5.09. The lowest BCUT2D eigenvalue weighted by atomic mass is 10.0. The van der Waals surface area contributed by atoms with Gasteiger partial charge in [-0.05, 0) is 6.07 Å². The first-order valence-corrected chi connectivity index (χ1v) is 10.4. The molecule has 0 aliphatic heterocycles. The van der Waals surface area contributed by atoms with Crippen LogP contribution in [0, 0.1) is 0 Å². The summed E-state index contributed by atoms with van der Waals surface area (Å²) in [6.45, 7) is 0. The molecule has 1 aromatic carbocycles. The molecule has 0 radical (unpaired) electrons. The molecule has 0 N–H and O–H groups in total. The molecule has 0 saturated heterocycles. The van der Waals surface area contributed by atoms with E-state index in [-0.39, 0.29) is 6.07 Å². The van der Waals surface area contributed by atoms with Gasteiger partial charge < -0.3 is 0 Å². The zero-order valence-corrected chi connectivity index (χ0v) is 18.0. The van der Waals surface area contributed by atoms with Gasteiger partial charge in [-0.2, -0.15) is 0 Å². The maximum atomic E-state index is 13.3. The topological polar surface area (TPSA) is 0 Å². The van der Waals surface area contributed by atoms with Gasteiger partial charge in [-0.3, -0.25) is 0 Å². The maximum Gasteiger partial charge on any atom is 0.310 e. The predicted molar refractivity (Wildman–Crippen MR) is 95.5 cm³/mol. The third-order valence-electron chi connectivity index (χ3n) is 2.46. The maximum absolute atomic E-state index is 13.3. The molecule has 0 heterocycles. The molecule has 15 heteroatoms. The van der Waals surface area contributed by atoms with E-state index in [1.807, 2.05) is 0 Å². The van der Waals surface area contributed by atoms with Crippen LogP contribution in [0.25, 0.3) is 0 Å². The molecule has 0 aromatic heterocycles. The second kappa shape index (κ2) is 5.91. The second-order valence-electron chi connectivity index (χ2n) is 4.32. The molecule has 0 aliphatic rings. The summed E-state index contributed by atoms with van der Waals surface area (Å²) in [7, 11) is -10.4. The van der Waals surface area contributed by atoms with Crippen LogP contribution < -0.4 is 0 Å². The minimum atomic E-state index is -10.4. The monoisotopic (exact) mass is 552 g/mol. The van der Waals surface area contributed by atoms with E-state index in [9.17, 15) is 19.4 Å². The average molecular weight is 556 g/mol. The third kappa shape index (κ3) is 5.66. The first kappa shape index (κ1) is 23.9. The molecule has 0 amide bonds. The van der Waals surface area contributed by atoms with Crippen molar-refractivity contribution in [3.05, 3.63) is 28.8 Å². The van der Waals surface area contributed by atoms with Crippen LogP contribution in [0.3, 0.4) is 0 Å². The Morgan fingerprint density at radius 2 is 0.958 bits per heavy atom. The Kier molecular flexibility index (Phi) is 5.88. The minimum Gasteiger partial charge on any atom is -0.0936 e. The van der Waals surface area contributed by atoms with Crippen molar-refractivity contribution in [1.29, 1.82) is 0 Å². The normalized spacial score (nSPS) is 17.4. The van der Waals surface area contributed by atoms with Gasteiger partial charge in [0.25, 0.3) is 0 Å². The Balaban J connectivity index is 4.24. The van der Waals surface area contributed by atoms with Gasteiger partial charge in [-0.1, -0.05) is 130 Å². The van der Waals surface area contributed by atoms with Crippen molar-refractivity contribution in [3.63, 3.8) is 0 Å². The molecule has 1 aromatic rings. The minimum absolute atomic E-state index is 0.101. The Morgan fingerprint density at radius 3 is 1.21 bits per heavy atom. The SMILES string of the molecule is FS(F)(F)(F)(F)c1ccc(C(Cl)(Cl)Cl)c(C(Cl)(Cl)Cl)c1C(Cl)(Cl)Cl. The van der Waals surface area contributed by atoms with Crippen molar-refractivity contribution in [1.82, 2.24) is 0 Å². The highest BCUT2D eigenvalue weighted by Crippen LogP contribution is 3.03. The van der Waals surface area contributed by atoms with Crippen LogP contribution in [0.4, 0.5) is 19.4 Å². The summed E-state index contributed by atoms with van der Waals surface area (Å²) in [6, 6.07) is 0.299. The van der Waals surface area contributed by atoms with Crippen molar-refractivity contribution < 1.29 is 19.4 Å². The summed E-state index contributed by atoms with van der Waals surface area (Å²) in [5.74, 6) is 0. The van der Waals surface area contributed by atoms with Gasteiger partial charge in [-0.15, -0.1) is 0 Å². The highest BCUT2D eigenvalue weighted by Gasteiger charge is 2.68. The molecular formula is C9H2Cl9F5S. The highest BCUT2D eigenvalue weighted by atomic mass is 35.6. The molecule has 0 atom stereocenters. The molecule has 0 unspecified atom stereocenters. The third-order valence-corrected chi connectivity index (χ3v) is 5.37. The van der Waals surface area contributed by atoms with Crippen LogP contribution in [-0.2, 0) is 11.4 Å². The second-order valence-corrected chi connectivity index (χ2v) is 13.5. The summed E-state index contributed by atoms with van der Waals surface area (Å²) >= 11 is 49.8. The molecule has 1 rings (SSSR count). The summed E-state index contributed by atoms with van der Waals surface area (Å²) in [4.78, 5) is -2.57. The summed E-state index contributed by atoms with van der Waals surface area (Å²) in [6.07, 6.45) is 0. The van der Waals surface area contributed by atoms with E-state index >= 15 is 0 Å². The standard InChI is InChI=1S/C9H2Cl9F5S/c10-7(11,12)3-1-2-4(24(19,20,21,22)23)6(9(16,17)18)5(3)8(13,14)15/h1-2H. The van der Waals surface area contributed by atoms with Gasteiger partial charge in [-0.25, -0.2) is 0 Å². The fourth-order valence-electron chi connectivity index (χ4n) is 1.72. The van der Waals surface area contributed by atoms with Crippen molar-refractivity contribution in [2.75, 3.05) is 0 Å². The molecule has 142 valence electrons. The van der Waals surface area contributed by atoms with Gasteiger partial charge in [0.1, 0.15) is 4.90 Å². The van der Waals surface area contributed by atoms with Gasteiger partial charge in [0.05, 0.1) is 0 Å². The number of hydrogen-bond acceptors (Lipinski definition) is 0. The molecule has 24 heavy (non-hydrogen) atoms. The average Bonchev–Trinajstić information content (AvgIpc) is 2.20. The van der Waals surface area contributed by atoms with Gasteiger partial charge >= 0.3 is 10.2 Å². The number of alkyl halides is 9. The Morgan fingerprint density at radius 1 is 0.583 bits per heavy atom. The van der Waals surface area contributed by atoms with Gasteiger partial charge in [0.2, 0.25) is 11.4 Å². The van der Waals surface area contributed by atoms with E-state index < -0.39 is 43.2 Å². The van der Waals surface area contributed by atoms with E-state index in [0.717, 1.165) is 0 Å². The van der Waals surface area contributed by atoms with Crippen molar-refractivity contribution >= 4 is 115 Å². The first-order chi connectivity index (χ1) is 9.96. The van der Waals surface area contributed by atoms with Crippen LogP contribution in [-0.4, -0.2) is 0 Å². The van der Waals surface area contributed by atoms with E-state index in [4.69, 9.17) is 104 Å². The van der Waals surface area contributed by atoms with Crippen LogP contribution in [0.2, 0.25) is 0 Å². The van der Waals surface area contributed by atoms with E-state index in [0.29, 0.717) is 6.07 Å². The number of rotatable bonds is 1. The van der Waals surface area contributed by atoms with Crippen LogP contribution >= 0.6 is 115 Å². The van der Waals surface area contributed by atoms with Crippen molar-refractivity contribution in [3.8, 4) is 0 Å². The lowest BCUT2D eigenvalue weighted by Gasteiger charge is -2.44. The quantitative estimate of drug-likeness (QED) is 0.239.